The molecule has 2 atom stereocenters. The van der Waals surface area contributed by atoms with E-state index in [1.165, 1.54) is 6.42 Å². The quantitative estimate of drug-likeness (QED) is 0.860. The monoisotopic (exact) mass is 280 g/mol. The highest BCUT2D eigenvalue weighted by Crippen LogP contribution is 2.33. The molecule has 1 aliphatic carbocycles. The van der Waals surface area contributed by atoms with Gasteiger partial charge in [-0.15, -0.1) is 0 Å². The Morgan fingerprint density at radius 3 is 2.45 bits per heavy atom. The highest BCUT2D eigenvalue weighted by molar-refractivity contribution is 5.98. The Balaban J connectivity index is 2.12. The summed E-state index contributed by atoms with van der Waals surface area (Å²) in [7, 11) is 0. The lowest BCUT2D eigenvalue weighted by Crippen LogP contribution is -2.68. The molecule has 0 aromatic carbocycles. The fourth-order valence-electron chi connectivity index (χ4n) is 3.59. The van der Waals surface area contributed by atoms with Gasteiger partial charge in [0.05, 0.1) is 6.54 Å². The van der Waals surface area contributed by atoms with Crippen LogP contribution in [0.2, 0.25) is 0 Å². The number of piperazine rings is 1. The largest absolute Gasteiger partial charge is 0.340 e. The number of carbonyl (C=O) groups excluding carboxylic acids is 2. The topological polar surface area (TPSA) is 49.4 Å². The van der Waals surface area contributed by atoms with Gasteiger partial charge in [-0.2, -0.15) is 0 Å². The standard InChI is InChI=1S/C16H28N2O2/c1-4-12(2)10-13(3)18-11-14(19)17-16(15(18)20)8-6-5-7-9-16/h12-13H,4-11H2,1-3H3,(H,17,19). The van der Waals surface area contributed by atoms with E-state index in [9.17, 15) is 9.59 Å². The first-order valence-corrected chi connectivity index (χ1v) is 8.10. The average Bonchev–Trinajstić information content (AvgIpc) is 2.43. The normalized spacial score (nSPS) is 25.4. The number of amides is 2. The van der Waals surface area contributed by atoms with E-state index in [1.807, 2.05) is 4.90 Å². The highest BCUT2D eigenvalue weighted by atomic mass is 16.2. The van der Waals surface area contributed by atoms with Gasteiger partial charge in [-0.3, -0.25) is 9.59 Å². The van der Waals surface area contributed by atoms with Gasteiger partial charge in [0, 0.05) is 6.04 Å². The Morgan fingerprint density at radius 2 is 1.85 bits per heavy atom. The van der Waals surface area contributed by atoms with Gasteiger partial charge in [-0.25, -0.2) is 0 Å². The van der Waals surface area contributed by atoms with E-state index in [2.05, 4.69) is 26.1 Å². The van der Waals surface area contributed by atoms with Crippen LogP contribution in [0.15, 0.2) is 0 Å². The summed E-state index contributed by atoms with van der Waals surface area (Å²) in [6.45, 7) is 6.70. The molecule has 1 saturated heterocycles. The summed E-state index contributed by atoms with van der Waals surface area (Å²) in [5.41, 5.74) is -0.586. The molecule has 1 aliphatic heterocycles. The molecular weight excluding hydrogens is 252 g/mol. The third-order valence-electron chi connectivity index (χ3n) is 5.04. The zero-order valence-corrected chi connectivity index (χ0v) is 13.1. The van der Waals surface area contributed by atoms with Gasteiger partial charge in [-0.05, 0) is 32.1 Å². The van der Waals surface area contributed by atoms with Crippen LogP contribution in [0.3, 0.4) is 0 Å². The molecule has 2 aliphatic rings. The lowest BCUT2D eigenvalue weighted by Gasteiger charge is -2.46. The molecule has 1 heterocycles. The lowest BCUT2D eigenvalue weighted by atomic mass is 9.79. The molecule has 2 unspecified atom stereocenters. The lowest BCUT2D eigenvalue weighted by molar-refractivity contribution is -0.154. The third-order valence-corrected chi connectivity index (χ3v) is 5.04. The number of nitrogens with one attached hydrogen (secondary N) is 1. The molecule has 0 aromatic heterocycles. The number of rotatable bonds is 4. The van der Waals surface area contributed by atoms with Crippen LogP contribution in [0.5, 0.6) is 0 Å². The number of hydrogen-bond acceptors (Lipinski definition) is 2. The molecule has 114 valence electrons. The van der Waals surface area contributed by atoms with Crippen molar-refractivity contribution in [2.45, 2.75) is 77.3 Å². The van der Waals surface area contributed by atoms with Crippen LogP contribution in [-0.4, -0.2) is 34.8 Å². The summed E-state index contributed by atoms with van der Waals surface area (Å²) < 4.78 is 0. The molecule has 20 heavy (non-hydrogen) atoms. The average molecular weight is 280 g/mol. The fraction of sp³-hybridized carbons (Fsp3) is 0.875. The van der Waals surface area contributed by atoms with E-state index < -0.39 is 5.54 Å². The van der Waals surface area contributed by atoms with Gasteiger partial charge in [-0.1, -0.05) is 39.5 Å². The maximum atomic E-state index is 12.9. The fourth-order valence-corrected chi connectivity index (χ4v) is 3.59. The van der Waals surface area contributed by atoms with E-state index in [0.717, 1.165) is 38.5 Å². The Kier molecular flexibility index (Phi) is 4.71. The van der Waals surface area contributed by atoms with Crippen LogP contribution in [-0.2, 0) is 9.59 Å². The summed E-state index contributed by atoms with van der Waals surface area (Å²) in [5.74, 6) is 0.764. The molecule has 0 bridgehead atoms. The number of carbonyl (C=O) groups is 2. The molecule has 1 saturated carbocycles. The summed E-state index contributed by atoms with van der Waals surface area (Å²) >= 11 is 0. The van der Waals surface area contributed by atoms with Gasteiger partial charge >= 0.3 is 0 Å². The molecule has 1 N–H and O–H groups in total. The molecule has 4 nitrogen and oxygen atoms in total. The first-order valence-electron chi connectivity index (χ1n) is 8.10. The van der Waals surface area contributed by atoms with Crippen LogP contribution in [0.1, 0.15) is 65.7 Å². The second-order valence-corrected chi connectivity index (χ2v) is 6.72. The molecule has 2 amide bonds. The zero-order valence-electron chi connectivity index (χ0n) is 13.1. The van der Waals surface area contributed by atoms with Crippen molar-refractivity contribution in [3.05, 3.63) is 0 Å². The van der Waals surface area contributed by atoms with Crippen LogP contribution in [0.25, 0.3) is 0 Å². The highest BCUT2D eigenvalue weighted by Gasteiger charge is 2.47. The van der Waals surface area contributed by atoms with Crippen molar-refractivity contribution in [1.82, 2.24) is 10.2 Å². The minimum Gasteiger partial charge on any atom is -0.340 e. The Bertz CT molecular complexity index is 375. The second-order valence-electron chi connectivity index (χ2n) is 6.72. The van der Waals surface area contributed by atoms with E-state index in [0.29, 0.717) is 5.92 Å². The maximum absolute atomic E-state index is 12.9. The summed E-state index contributed by atoms with van der Waals surface area (Å²) in [6, 6.07) is 0.155. The molecule has 0 radical (unpaired) electrons. The van der Waals surface area contributed by atoms with Crippen molar-refractivity contribution in [3.63, 3.8) is 0 Å². The number of nitrogens with zero attached hydrogens (tertiary/aromatic N) is 1. The zero-order chi connectivity index (χ0) is 14.8. The molecule has 4 heteroatoms. The second kappa shape index (κ2) is 6.15. The molecule has 2 fully saturated rings. The first-order chi connectivity index (χ1) is 9.48. The minimum atomic E-state index is -0.586. The minimum absolute atomic E-state index is 0.0162. The van der Waals surface area contributed by atoms with Crippen LogP contribution >= 0.6 is 0 Å². The van der Waals surface area contributed by atoms with Crippen molar-refractivity contribution in [2.75, 3.05) is 6.54 Å². The number of hydrogen-bond donors (Lipinski definition) is 1. The first kappa shape index (κ1) is 15.3. The van der Waals surface area contributed by atoms with E-state index in [4.69, 9.17) is 0 Å². The SMILES string of the molecule is CCC(C)CC(C)N1CC(=O)NC2(CCCCC2)C1=O. The maximum Gasteiger partial charge on any atom is 0.249 e. The van der Waals surface area contributed by atoms with Crippen molar-refractivity contribution >= 4 is 11.8 Å². The van der Waals surface area contributed by atoms with Gasteiger partial charge in [0.1, 0.15) is 5.54 Å². The molecule has 0 aromatic rings. The van der Waals surface area contributed by atoms with Crippen molar-refractivity contribution in [1.29, 1.82) is 0 Å². The van der Waals surface area contributed by atoms with Crippen molar-refractivity contribution in [3.8, 4) is 0 Å². The molecule has 2 rings (SSSR count). The smallest absolute Gasteiger partial charge is 0.249 e. The Labute approximate surface area is 122 Å². The predicted molar refractivity (Wildman–Crippen MR) is 79.2 cm³/mol. The van der Waals surface area contributed by atoms with Gasteiger partial charge in [0.2, 0.25) is 11.8 Å². The van der Waals surface area contributed by atoms with Crippen LogP contribution in [0.4, 0.5) is 0 Å². The Hall–Kier alpha value is -1.06. The van der Waals surface area contributed by atoms with Crippen LogP contribution in [0, 0.1) is 5.92 Å². The van der Waals surface area contributed by atoms with E-state index >= 15 is 0 Å². The van der Waals surface area contributed by atoms with E-state index in [-0.39, 0.29) is 24.4 Å². The summed E-state index contributed by atoms with van der Waals surface area (Å²) in [6.07, 6.45) is 6.97. The van der Waals surface area contributed by atoms with Crippen LogP contribution < -0.4 is 5.32 Å². The van der Waals surface area contributed by atoms with Gasteiger partial charge in [0.25, 0.3) is 0 Å². The van der Waals surface area contributed by atoms with Gasteiger partial charge in [0.15, 0.2) is 0 Å². The summed E-state index contributed by atoms with van der Waals surface area (Å²) in [4.78, 5) is 26.7. The Morgan fingerprint density at radius 1 is 1.20 bits per heavy atom. The summed E-state index contributed by atoms with van der Waals surface area (Å²) in [5, 5.41) is 3.00. The van der Waals surface area contributed by atoms with Crippen molar-refractivity contribution in [2.24, 2.45) is 5.92 Å². The predicted octanol–water partition coefficient (Wildman–Crippen LogP) is 2.47. The van der Waals surface area contributed by atoms with E-state index in [1.54, 1.807) is 0 Å². The third kappa shape index (κ3) is 2.99. The molecular formula is C16H28N2O2. The van der Waals surface area contributed by atoms with Gasteiger partial charge < -0.3 is 10.2 Å². The van der Waals surface area contributed by atoms with Crippen molar-refractivity contribution < 1.29 is 9.59 Å². The molecule has 1 spiro atoms.